The van der Waals surface area contributed by atoms with Gasteiger partial charge in [0.1, 0.15) is 11.8 Å². The zero-order chi connectivity index (χ0) is 15.5. The predicted octanol–water partition coefficient (Wildman–Crippen LogP) is 0.502. The topological polar surface area (TPSA) is 88.2 Å². The fraction of sp³-hybridized carbons (Fsp3) is 0.667. The molecule has 2 aromatic heterocycles. The number of H-pyrrole nitrogens is 1. The lowest BCUT2D eigenvalue weighted by Gasteiger charge is -2.37. The van der Waals surface area contributed by atoms with Crippen molar-refractivity contribution in [2.75, 3.05) is 51.4 Å². The van der Waals surface area contributed by atoms with Crippen molar-refractivity contribution < 1.29 is 9.47 Å². The van der Waals surface area contributed by atoms with Crippen molar-refractivity contribution in [1.29, 1.82) is 0 Å². The molecule has 0 radical (unpaired) electrons. The number of aromatic nitrogens is 4. The zero-order valence-corrected chi connectivity index (χ0v) is 13.1. The standard InChI is InChI=1S/C15H22N6O2/c1-4-23-8-11(1)12(21-2-5-22-6-3-21)7-16-14-13-15(18-9-17-13)20-10-19-14/h9-12H,1-8H2,(H2,16,17,18,19,20)/t11-,12-/m1/s1. The van der Waals surface area contributed by atoms with Crippen LogP contribution in [0.3, 0.4) is 0 Å². The van der Waals surface area contributed by atoms with Crippen molar-refractivity contribution in [2.24, 2.45) is 5.92 Å². The van der Waals surface area contributed by atoms with Crippen LogP contribution in [0.4, 0.5) is 5.82 Å². The monoisotopic (exact) mass is 318 g/mol. The lowest BCUT2D eigenvalue weighted by molar-refractivity contribution is 0.00460. The Labute approximate surface area is 134 Å². The molecule has 0 bridgehead atoms. The van der Waals surface area contributed by atoms with Crippen LogP contribution in [0, 0.1) is 5.92 Å². The highest BCUT2D eigenvalue weighted by atomic mass is 16.5. The summed E-state index contributed by atoms with van der Waals surface area (Å²) in [6.07, 6.45) is 4.32. The molecule has 0 saturated carbocycles. The Hall–Kier alpha value is -1.77. The Morgan fingerprint density at radius 1 is 1.22 bits per heavy atom. The highest BCUT2D eigenvalue weighted by Gasteiger charge is 2.31. The van der Waals surface area contributed by atoms with Crippen LogP contribution < -0.4 is 5.32 Å². The summed E-state index contributed by atoms with van der Waals surface area (Å²) in [5, 5.41) is 3.49. The second-order valence-electron chi connectivity index (χ2n) is 6.04. The van der Waals surface area contributed by atoms with Gasteiger partial charge in [-0.15, -0.1) is 0 Å². The Morgan fingerprint density at radius 2 is 2.13 bits per heavy atom. The second kappa shape index (κ2) is 6.77. The minimum atomic E-state index is 0.425. The predicted molar refractivity (Wildman–Crippen MR) is 85.3 cm³/mol. The summed E-state index contributed by atoms with van der Waals surface area (Å²) in [5.74, 6) is 1.37. The Bertz CT molecular complexity index is 636. The van der Waals surface area contributed by atoms with Gasteiger partial charge in [0.2, 0.25) is 0 Å². The number of hydrogen-bond acceptors (Lipinski definition) is 7. The van der Waals surface area contributed by atoms with Crippen molar-refractivity contribution in [2.45, 2.75) is 12.5 Å². The quantitative estimate of drug-likeness (QED) is 0.830. The van der Waals surface area contributed by atoms with Crippen LogP contribution in [-0.4, -0.2) is 76.9 Å². The molecule has 2 N–H and O–H groups in total. The lowest BCUT2D eigenvalue weighted by atomic mass is 9.97. The van der Waals surface area contributed by atoms with E-state index < -0.39 is 0 Å². The minimum absolute atomic E-state index is 0.425. The Morgan fingerprint density at radius 3 is 2.96 bits per heavy atom. The SMILES string of the molecule is c1nc(NC[C@H]([C@@H]2CCOC2)N2CCOCC2)c2[nH]cnc2n1. The van der Waals surface area contributed by atoms with Crippen molar-refractivity contribution in [3.63, 3.8) is 0 Å². The first-order valence-corrected chi connectivity index (χ1v) is 8.19. The van der Waals surface area contributed by atoms with Gasteiger partial charge in [-0.05, 0) is 6.42 Å². The molecule has 8 heteroatoms. The molecule has 2 aliphatic heterocycles. The first-order valence-electron chi connectivity index (χ1n) is 8.19. The van der Waals surface area contributed by atoms with Crippen LogP contribution in [0.25, 0.3) is 11.2 Å². The molecule has 0 aromatic carbocycles. The molecule has 2 atom stereocenters. The van der Waals surface area contributed by atoms with E-state index in [9.17, 15) is 0 Å². The van der Waals surface area contributed by atoms with Crippen LogP contribution >= 0.6 is 0 Å². The normalized spacial score (nSPS) is 24.1. The zero-order valence-electron chi connectivity index (χ0n) is 13.1. The molecule has 2 aromatic rings. The highest BCUT2D eigenvalue weighted by Crippen LogP contribution is 2.23. The molecular weight excluding hydrogens is 296 g/mol. The summed E-state index contributed by atoms with van der Waals surface area (Å²) in [5.41, 5.74) is 1.55. The number of imidazole rings is 1. The summed E-state index contributed by atoms with van der Waals surface area (Å²) in [6.45, 7) is 6.11. The maximum Gasteiger partial charge on any atom is 0.182 e. The number of fused-ring (bicyclic) bond motifs is 1. The summed E-state index contributed by atoms with van der Waals surface area (Å²) in [7, 11) is 0. The van der Waals surface area contributed by atoms with Crippen LogP contribution in [0.2, 0.25) is 0 Å². The largest absolute Gasteiger partial charge is 0.381 e. The fourth-order valence-electron chi connectivity index (χ4n) is 3.46. The molecule has 23 heavy (non-hydrogen) atoms. The Kier molecular flexibility index (Phi) is 4.36. The molecule has 4 heterocycles. The van der Waals surface area contributed by atoms with Gasteiger partial charge in [-0.3, -0.25) is 4.90 Å². The molecule has 0 unspecified atom stereocenters. The maximum atomic E-state index is 5.61. The fourth-order valence-corrected chi connectivity index (χ4v) is 3.46. The number of ether oxygens (including phenoxy) is 2. The molecular formula is C15H22N6O2. The van der Waals surface area contributed by atoms with Gasteiger partial charge in [-0.1, -0.05) is 0 Å². The number of nitrogens with zero attached hydrogens (tertiary/aromatic N) is 4. The molecule has 0 amide bonds. The van der Waals surface area contributed by atoms with E-state index in [1.165, 1.54) is 0 Å². The maximum absolute atomic E-state index is 5.61. The number of anilines is 1. The number of rotatable bonds is 5. The Balaban J connectivity index is 1.49. The number of hydrogen-bond donors (Lipinski definition) is 2. The van der Waals surface area contributed by atoms with E-state index in [-0.39, 0.29) is 0 Å². The van der Waals surface area contributed by atoms with E-state index >= 15 is 0 Å². The minimum Gasteiger partial charge on any atom is -0.381 e. The smallest absolute Gasteiger partial charge is 0.182 e. The van der Waals surface area contributed by atoms with Gasteiger partial charge in [0.25, 0.3) is 0 Å². The average Bonchev–Trinajstić information content (AvgIpc) is 3.28. The van der Waals surface area contributed by atoms with Crippen molar-refractivity contribution in [1.82, 2.24) is 24.8 Å². The van der Waals surface area contributed by atoms with E-state index in [0.717, 1.165) is 63.8 Å². The van der Waals surface area contributed by atoms with Gasteiger partial charge < -0.3 is 19.8 Å². The van der Waals surface area contributed by atoms with E-state index in [2.05, 4.69) is 30.2 Å². The van der Waals surface area contributed by atoms with Gasteiger partial charge in [-0.2, -0.15) is 0 Å². The molecule has 0 spiro atoms. The van der Waals surface area contributed by atoms with Gasteiger partial charge in [0.05, 0.1) is 26.1 Å². The van der Waals surface area contributed by atoms with Crippen LogP contribution in [0.5, 0.6) is 0 Å². The summed E-state index contributed by atoms with van der Waals surface area (Å²) in [6, 6.07) is 0.425. The summed E-state index contributed by atoms with van der Waals surface area (Å²) < 4.78 is 11.1. The first-order chi connectivity index (χ1) is 11.4. The molecule has 124 valence electrons. The van der Waals surface area contributed by atoms with E-state index in [4.69, 9.17) is 9.47 Å². The van der Waals surface area contributed by atoms with E-state index in [0.29, 0.717) is 17.6 Å². The third-order valence-corrected chi connectivity index (χ3v) is 4.73. The number of morpholine rings is 1. The average molecular weight is 318 g/mol. The van der Waals surface area contributed by atoms with Crippen molar-refractivity contribution in [3.05, 3.63) is 12.7 Å². The number of nitrogens with one attached hydrogen (secondary N) is 2. The van der Waals surface area contributed by atoms with Gasteiger partial charge in [-0.25, -0.2) is 15.0 Å². The second-order valence-corrected chi connectivity index (χ2v) is 6.04. The van der Waals surface area contributed by atoms with Crippen LogP contribution in [-0.2, 0) is 9.47 Å². The van der Waals surface area contributed by atoms with E-state index in [1.807, 2.05) is 0 Å². The lowest BCUT2D eigenvalue weighted by Crippen LogP contribution is -2.50. The van der Waals surface area contributed by atoms with Gasteiger partial charge in [0.15, 0.2) is 11.5 Å². The molecule has 2 fully saturated rings. The van der Waals surface area contributed by atoms with Crippen molar-refractivity contribution >= 4 is 17.0 Å². The van der Waals surface area contributed by atoms with Crippen LogP contribution in [0.1, 0.15) is 6.42 Å². The van der Waals surface area contributed by atoms with Gasteiger partial charge in [0, 0.05) is 38.2 Å². The first kappa shape index (κ1) is 14.8. The third-order valence-electron chi connectivity index (χ3n) is 4.73. The molecule has 2 saturated heterocycles. The van der Waals surface area contributed by atoms with Gasteiger partial charge >= 0.3 is 0 Å². The van der Waals surface area contributed by atoms with Crippen LogP contribution in [0.15, 0.2) is 12.7 Å². The molecule has 0 aliphatic carbocycles. The van der Waals surface area contributed by atoms with E-state index in [1.54, 1.807) is 12.7 Å². The van der Waals surface area contributed by atoms with Crippen molar-refractivity contribution in [3.8, 4) is 0 Å². The third kappa shape index (κ3) is 3.15. The molecule has 2 aliphatic rings. The molecule has 4 rings (SSSR count). The summed E-state index contributed by atoms with van der Waals surface area (Å²) >= 11 is 0. The highest BCUT2D eigenvalue weighted by molar-refractivity contribution is 5.81. The molecule has 8 nitrogen and oxygen atoms in total. The number of aromatic amines is 1. The summed E-state index contributed by atoms with van der Waals surface area (Å²) in [4.78, 5) is 18.3.